The smallest absolute Gasteiger partial charge is 0.337 e. The van der Waals surface area contributed by atoms with Gasteiger partial charge in [0, 0.05) is 6.54 Å². The second kappa shape index (κ2) is 12.5. The van der Waals surface area contributed by atoms with E-state index in [1.807, 2.05) is 50.2 Å². The number of aliphatic hydroxyl groups excluding tert-OH is 1. The number of aliphatic hydroxyl groups is 1. The highest BCUT2D eigenvalue weighted by atomic mass is 16.6. The minimum Gasteiger partial charge on any atom is -0.481 e. The number of fused-ring (bicyclic) bond motifs is 1. The minimum absolute atomic E-state index is 0.0703. The molecule has 2 unspecified atom stereocenters. The maximum atomic E-state index is 13.2. The van der Waals surface area contributed by atoms with Crippen LogP contribution in [0.25, 0.3) is 10.8 Å². The van der Waals surface area contributed by atoms with Crippen molar-refractivity contribution in [1.82, 2.24) is 10.2 Å². The van der Waals surface area contributed by atoms with Crippen LogP contribution in [0.15, 0.2) is 42.5 Å². The van der Waals surface area contributed by atoms with Crippen LogP contribution in [-0.4, -0.2) is 58.4 Å². The maximum absolute atomic E-state index is 13.2. The van der Waals surface area contributed by atoms with Gasteiger partial charge in [0.15, 0.2) is 6.10 Å². The molecule has 0 aliphatic heterocycles. The molecule has 3 rings (SSSR count). The average Bonchev–Trinajstić information content (AvgIpc) is 2.82. The number of carbonyl (C=O) groups excluding carboxylic acids is 2. The standard InChI is InChI=1S/C27H36N2O6/c1-18(2)16-29(17-24(30)26(33)35-22-10-4-3-5-11-22)27(34)28-23(15-25(31)32)21-13-12-19-8-6-7-9-20(19)14-21/h6-9,12-14,18,22-24,30H,3-5,10-11,15-17H2,1-2H3,(H,28,34)(H,31,32). The predicted octanol–water partition coefficient (Wildman–Crippen LogP) is 4.26. The van der Waals surface area contributed by atoms with Crippen molar-refractivity contribution in [3.05, 3.63) is 48.0 Å². The van der Waals surface area contributed by atoms with Gasteiger partial charge in [-0.3, -0.25) is 4.79 Å². The van der Waals surface area contributed by atoms with Crippen LogP contribution in [0, 0.1) is 5.92 Å². The topological polar surface area (TPSA) is 116 Å². The summed E-state index contributed by atoms with van der Waals surface area (Å²) in [5.74, 6) is -1.70. The van der Waals surface area contributed by atoms with E-state index in [0.717, 1.165) is 42.9 Å². The number of nitrogens with one attached hydrogen (secondary N) is 1. The van der Waals surface area contributed by atoms with E-state index < -0.39 is 30.1 Å². The van der Waals surface area contributed by atoms with Gasteiger partial charge >= 0.3 is 18.0 Å². The fraction of sp³-hybridized carbons (Fsp3) is 0.519. The van der Waals surface area contributed by atoms with Crippen molar-refractivity contribution in [3.63, 3.8) is 0 Å². The summed E-state index contributed by atoms with van der Waals surface area (Å²) >= 11 is 0. The number of hydrogen-bond donors (Lipinski definition) is 3. The van der Waals surface area contributed by atoms with Gasteiger partial charge in [0.25, 0.3) is 0 Å². The number of rotatable bonds is 10. The van der Waals surface area contributed by atoms with Crippen LogP contribution >= 0.6 is 0 Å². The van der Waals surface area contributed by atoms with Crippen molar-refractivity contribution in [2.75, 3.05) is 13.1 Å². The Morgan fingerprint density at radius 3 is 2.37 bits per heavy atom. The van der Waals surface area contributed by atoms with Crippen molar-refractivity contribution in [2.24, 2.45) is 5.92 Å². The number of urea groups is 1. The largest absolute Gasteiger partial charge is 0.481 e. The zero-order valence-electron chi connectivity index (χ0n) is 20.5. The minimum atomic E-state index is -1.47. The Hall–Kier alpha value is -3.13. The quantitative estimate of drug-likeness (QED) is 0.434. The highest BCUT2D eigenvalue weighted by Crippen LogP contribution is 2.24. The fourth-order valence-electron chi connectivity index (χ4n) is 4.48. The Morgan fingerprint density at radius 2 is 1.71 bits per heavy atom. The third kappa shape index (κ3) is 7.96. The van der Waals surface area contributed by atoms with Crippen molar-refractivity contribution in [3.8, 4) is 0 Å². The first-order valence-corrected chi connectivity index (χ1v) is 12.4. The van der Waals surface area contributed by atoms with Crippen molar-refractivity contribution in [2.45, 2.75) is 70.6 Å². The van der Waals surface area contributed by atoms with E-state index in [1.54, 1.807) is 6.07 Å². The monoisotopic (exact) mass is 484 g/mol. The molecule has 8 heteroatoms. The molecule has 1 fully saturated rings. The number of nitrogens with zero attached hydrogens (tertiary/aromatic N) is 1. The molecule has 1 aliphatic rings. The van der Waals surface area contributed by atoms with Crippen LogP contribution in [0.2, 0.25) is 0 Å². The Bertz CT molecular complexity index is 1020. The number of carbonyl (C=O) groups is 3. The lowest BCUT2D eigenvalue weighted by molar-refractivity contribution is -0.161. The number of carboxylic acids is 1. The predicted molar refractivity (Wildman–Crippen MR) is 133 cm³/mol. The molecular formula is C27H36N2O6. The van der Waals surface area contributed by atoms with Gasteiger partial charge in [-0.2, -0.15) is 0 Å². The molecule has 0 radical (unpaired) electrons. The van der Waals surface area contributed by atoms with Crippen LogP contribution in [0.4, 0.5) is 4.79 Å². The lowest BCUT2D eigenvalue weighted by atomic mass is 9.98. The Kier molecular flexibility index (Phi) is 9.48. The lowest BCUT2D eigenvalue weighted by Gasteiger charge is -2.30. The summed E-state index contributed by atoms with van der Waals surface area (Å²) in [6.07, 6.45) is 2.73. The number of amides is 2. The first-order valence-electron chi connectivity index (χ1n) is 12.4. The molecule has 2 atom stereocenters. The van der Waals surface area contributed by atoms with Gasteiger partial charge < -0.3 is 25.2 Å². The average molecular weight is 485 g/mol. The molecule has 0 bridgehead atoms. The molecule has 2 amide bonds. The molecule has 1 saturated carbocycles. The number of benzene rings is 2. The molecule has 0 saturated heterocycles. The van der Waals surface area contributed by atoms with Gasteiger partial charge in [0.05, 0.1) is 19.0 Å². The highest BCUT2D eigenvalue weighted by molar-refractivity contribution is 5.84. The molecule has 8 nitrogen and oxygen atoms in total. The molecule has 3 N–H and O–H groups in total. The Morgan fingerprint density at radius 1 is 1.03 bits per heavy atom. The van der Waals surface area contributed by atoms with Crippen LogP contribution in [0.5, 0.6) is 0 Å². The lowest BCUT2D eigenvalue weighted by Crippen LogP contribution is -2.48. The van der Waals surface area contributed by atoms with E-state index in [9.17, 15) is 24.6 Å². The Labute approximate surface area is 206 Å². The summed E-state index contributed by atoms with van der Waals surface area (Å²) in [5.41, 5.74) is 0.668. The first-order chi connectivity index (χ1) is 16.7. The van der Waals surface area contributed by atoms with Crippen LogP contribution in [0.3, 0.4) is 0 Å². The second-order valence-electron chi connectivity index (χ2n) is 9.72. The van der Waals surface area contributed by atoms with Crippen molar-refractivity contribution in [1.29, 1.82) is 0 Å². The molecule has 2 aromatic carbocycles. The van der Waals surface area contributed by atoms with Gasteiger partial charge in [0.1, 0.15) is 6.10 Å². The second-order valence-corrected chi connectivity index (χ2v) is 9.72. The van der Waals surface area contributed by atoms with Gasteiger partial charge in [-0.15, -0.1) is 0 Å². The van der Waals surface area contributed by atoms with Crippen molar-refractivity contribution < 1.29 is 29.3 Å². The molecule has 0 aromatic heterocycles. The maximum Gasteiger partial charge on any atom is 0.337 e. The molecule has 190 valence electrons. The molecule has 0 heterocycles. The number of aliphatic carboxylic acids is 1. The molecule has 1 aliphatic carbocycles. The van der Waals surface area contributed by atoms with Gasteiger partial charge in [-0.25, -0.2) is 9.59 Å². The fourth-order valence-corrected chi connectivity index (χ4v) is 4.48. The SMILES string of the molecule is CC(C)CN(CC(O)C(=O)OC1CCCCC1)C(=O)NC(CC(=O)O)c1ccc2ccccc2c1. The Balaban J connectivity index is 1.71. The normalized spacial score (nSPS) is 16.0. The molecule has 0 spiro atoms. The van der Waals surface area contributed by atoms with E-state index in [1.165, 1.54) is 4.90 Å². The zero-order chi connectivity index (χ0) is 25.4. The number of carboxylic acid groups (broad SMARTS) is 1. The van der Waals surface area contributed by atoms with E-state index in [-0.39, 0.29) is 31.5 Å². The van der Waals surface area contributed by atoms with Crippen LogP contribution in [-0.2, 0) is 14.3 Å². The first kappa shape index (κ1) is 26.5. The van der Waals surface area contributed by atoms with Gasteiger partial charge in [0.2, 0.25) is 0 Å². The number of hydrogen-bond acceptors (Lipinski definition) is 5. The van der Waals surface area contributed by atoms with E-state index in [0.29, 0.717) is 5.56 Å². The third-order valence-corrected chi connectivity index (χ3v) is 6.23. The molecular weight excluding hydrogens is 448 g/mol. The number of ether oxygens (including phenoxy) is 1. The summed E-state index contributed by atoms with van der Waals surface area (Å²) in [6.45, 7) is 3.90. The highest BCUT2D eigenvalue weighted by Gasteiger charge is 2.29. The van der Waals surface area contributed by atoms with Crippen LogP contribution in [0.1, 0.15) is 64.0 Å². The summed E-state index contributed by atoms with van der Waals surface area (Å²) in [7, 11) is 0. The van der Waals surface area contributed by atoms with E-state index >= 15 is 0 Å². The van der Waals surface area contributed by atoms with E-state index in [4.69, 9.17) is 4.74 Å². The summed E-state index contributed by atoms with van der Waals surface area (Å²) < 4.78 is 5.46. The third-order valence-electron chi connectivity index (χ3n) is 6.23. The molecule has 2 aromatic rings. The van der Waals surface area contributed by atoms with Gasteiger partial charge in [-0.05, 0) is 54.0 Å². The van der Waals surface area contributed by atoms with Gasteiger partial charge in [-0.1, -0.05) is 56.7 Å². The summed E-state index contributed by atoms with van der Waals surface area (Å²) in [4.78, 5) is 38.6. The zero-order valence-corrected chi connectivity index (χ0v) is 20.5. The van der Waals surface area contributed by atoms with E-state index in [2.05, 4.69) is 5.32 Å². The summed E-state index contributed by atoms with van der Waals surface area (Å²) in [6, 6.07) is 12.0. The number of esters is 1. The van der Waals surface area contributed by atoms with Crippen molar-refractivity contribution >= 4 is 28.7 Å². The molecule has 35 heavy (non-hydrogen) atoms. The summed E-state index contributed by atoms with van der Waals surface area (Å²) in [5, 5.41) is 24.7. The van der Waals surface area contributed by atoms with Crippen LogP contribution < -0.4 is 5.32 Å².